The molecule has 1 aliphatic rings. The molecule has 0 saturated heterocycles. The number of hydrogen-bond acceptors (Lipinski definition) is 1. The van der Waals surface area contributed by atoms with Crippen molar-refractivity contribution in [2.75, 3.05) is 0 Å². The molecule has 0 heterocycles. The van der Waals surface area contributed by atoms with Crippen molar-refractivity contribution in [2.45, 2.75) is 41.0 Å². The van der Waals surface area contributed by atoms with Gasteiger partial charge in [0.2, 0.25) is 0 Å². The zero-order chi connectivity index (χ0) is 11.6. The van der Waals surface area contributed by atoms with E-state index in [2.05, 4.69) is 46.8 Å². The minimum Gasteiger partial charge on any atom is -0.295 e. The second kappa shape index (κ2) is 4.34. The Morgan fingerprint density at radius 1 is 1.33 bits per heavy atom. The molecule has 15 heavy (non-hydrogen) atoms. The predicted molar refractivity (Wildman–Crippen MR) is 64.6 cm³/mol. The molecule has 0 aromatic heterocycles. The summed E-state index contributed by atoms with van der Waals surface area (Å²) in [4.78, 5) is 11.4. The SMILES string of the molecule is C[C@@H]1CC(=O)C=C(/C=C/C(C)(C)C)[C@@H]1C. The van der Waals surface area contributed by atoms with Crippen molar-refractivity contribution < 1.29 is 4.79 Å². The smallest absolute Gasteiger partial charge is 0.156 e. The predicted octanol–water partition coefficient (Wildman–Crippen LogP) is 3.76. The molecule has 0 aromatic carbocycles. The first-order valence-electron chi connectivity index (χ1n) is 5.73. The third kappa shape index (κ3) is 3.65. The molecule has 0 aliphatic heterocycles. The van der Waals surface area contributed by atoms with E-state index in [1.807, 2.05) is 6.08 Å². The van der Waals surface area contributed by atoms with Crippen LogP contribution >= 0.6 is 0 Å². The van der Waals surface area contributed by atoms with Gasteiger partial charge < -0.3 is 0 Å². The van der Waals surface area contributed by atoms with Gasteiger partial charge >= 0.3 is 0 Å². The van der Waals surface area contributed by atoms with E-state index in [0.717, 1.165) is 0 Å². The van der Waals surface area contributed by atoms with Crippen molar-refractivity contribution in [3.63, 3.8) is 0 Å². The monoisotopic (exact) mass is 206 g/mol. The fraction of sp³-hybridized carbons (Fsp3) is 0.643. The van der Waals surface area contributed by atoms with Crippen molar-refractivity contribution in [1.82, 2.24) is 0 Å². The first kappa shape index (κ1) is 12.2. The Morgan fingerprint density at radius 3 is 2.47 bits per heavy atom. The van der Waals surface area contributed by atoms with Gasteiger partial charge in [-0.25, -0.2) is 0 Å². The lowest BCUT2D eigenvalue weighted by Gasteiger charge is -2.25. The number of carbonyl (C=O) groups excluding carboxylic acids is 1. The van der Waals surface area contributed by atoms with E-state index in [4.69, 9.17) is 0 Å². The molecule has 0 bridgehead atoms. The van der Waals surface area contributed by atoms with E-state index in [-0.39, 0.29) is 11.2 Å². The molecule has 0 radical (unpaired) electrons. The molecule has 2 atom stereocenters. The maximum absolute atomic E-state index is 11.4. The number of allylic oxidation sites excluding steroid dienone is 4. The quantitative estimate of drug-likeness (QED) is 0.638. The Morgan fingerprint density at radius 2 is 1.93 bits per heavy atom. The highest BCUT2D eigenvalue weighted by Gasteiger charge is 2.23. The Kier molecular flexibility index (Phi) is 3.54. The second-order valence-electron chi connectivity index (χ2n) is 5.78. The first-order valence-corrected chi connectivity index (χ1v) is 5.73. The summed E-state index contributed by atoms with van der Waals surface area (Å²) in [5.74, 6) is 1.25. The van der Waals surface area contributed by atoms with Gasteiger partial charge in [0.25, 0.3) is 0 Å². The summed E-state index contributed by atoms with van der Waals surface area (Å²) in [6.45, 7) is 10.9. The van der Waals surface area contributed by atoms with Crippen LogP contribution in [0.25, 0.3) is 0 Å². The van der Waals surface area contributed by atoms with E-state index < -0.39 is 0 Å². The van der Waals surface area contributed by atoms with Gasteiger partial charge in [0.1, 0.15) is 0 Å². The Balaban J connectivity index is 2.85. The van der Waals surface area contributed by atoms with Gasteiger partial charge in [-0.15, -0.1) is 0 Å². The van der Waals surface area contributed by atoms with E-state index in [0.29, 0.717) is 18.3 Å². The molecule has 1 nitrogen and oxygen atoms in total. The zero-order valence-corrected chi connectivity index (χ0v) is 10.5. The molecule has 0 fully saturated rings. The number of rotatable bonds is 1. The molecular formula is C14H22O. The third-order valence-electron chi connectivity index (χ3n) is 3.01. The van der Waals surface area contributed by atoms with Crippen molar-refractivity contribution >= 4 is 5.78 Å². The van der Waals surface area contributed by atoms with Crippen molar-refractivity contribution in [3.8, 4) is 0 Å². The Bertz CT molecular complexity index is 302. The fourth-order valence-electron chi connectivity index (χ4n) is 1.75. The molecule has 0 amide bonds. The molecular weight excluding hydrogens is 184 g/mol. The normalized spacial score (nSPS) is 28.3. The average Bonchev–Trinajstić information content (AvgIpc) is 2.07. The molecule has 0 saturated carbocycles. The Labute approximate surface area is 93.3 Å². The molecule has 0 unspecified atom stereocenters. The maximum atomic E-state index is 11.4. The lowest BCUT2D eigenvalue weighted by atomic mass is 9.79. The highest BCUT2D eigenvalue weighted by Crippen LogP contribution is 2.30. The van der Waals surface area contributed by atoms with Crippen LogP contribution in [-0.2, 0) is 4.79 Å². The van der Waals surface area contributed by atoms with Crippen molar-refractivity contribution in [2.24, 2.45) is 17.3 Å². The molecule has 84 valence electrons. The standard InChI is InChI=1S/C14H22O/c1-10-8-13(15)9-12(11(10)2)6-7-14(3,4)5/h6-7,9-11H,8H2,1-5H3/b7-6+/t10-,11-/m1/s1. The zero-order valence-electron chi connectivity index (χ0n) is 10.5. The van der Waals surface area contributed by atoms with Crippen LogP contribution in [0, 0.1) is 17.3 Å². The van der Waals surface area contributed by atoms with Crippen molar-refractivity contribution in [3.05, 3.63) is 23.8 Å². The molecule has 0 aromatic rings. The molecule has 1 aliphatic carbocycles. The van der Waals surface area contributed by atoms with Gasteiger partial charge in [-0.3, -0.25) is 4.79 Å². The van der Waals surface area contributed by atoms with Gasteiger partial charge in [-0.2, -0.15) is 0 Å². The molecule has 0 N–H and O–H groups in total. The highest BCUT2D eigenvalue weighted by atomic mass is 16.1. The van der Waals surface area contributed by atoms with Crippen LogP contribution in [0.15, 0.2) is 23.8 Å². The summed E-state index contributed by atoms with van der Waals surface area (Å²) in [6, 6.07) is 0. The summed E-state index contributed by atoms with van der Waals surface area (Å²) < 4.78 is 0. The summed E-state index contributed by atoms with van der Waals surface area (Å²) in [5, 5.41) is 0. The van der Waals surface area contributed by atoms with Crippen LogP contribution in [0.5, 0.6) is 0 Å². The maximum Gasteiger partial charge on any atom is 0.156 e. The van der Waals surface area contributed by atoms with Crippen molar-refractivity contribution in [1.29, 1.82) is 0 Å². The molecule has 1 heteroatoms. The highest BCUT2D eigenvalue weighted by molar-refractivity contribution is 5.92. The Hall–Kier alpha value is -0.850. The van der Waals surface area contributed by atoms with Gasteiger partial charge in [-0.1, -0.05) is 46.8 Å². The topological polar surface area (TPSA) is 17.1 Å². The number of hydrogen-bond donors (Lipinski definition) is 0. The lowest BCUT2D eigenvalue weighted by Crippen LogP contribution is -2.19. The largest absolute Gasteiger partial charge is 0.295 e. The summed E-state index contributed by atoms with van der Waals surface area (Å²) in [5.41, 5.74) is 1.37. The minimum atomic E-state index is 0.185. The van der Waals surface area contributed by atoms with Gasteiger partial charge in [0, 0.05) is 6.42 Å². The van der Waals surface area contributed by atoms with Crippen LogP contribution in [-0.4, -0.2) is 5.78 Å². The summed E-state index contributed by atoms with van der Waals surface area (Å²) >= 11 is 0. The van der Waals surface area contributed by atoms with E-state index in [1.54, 1.807) is 0 Å². The van der Waals surface area contributed by atoms with Gasteiger partial charge in [-0.05, 0) is 28.9 Å². The molecule has 1 rings (SSSR count). The minimum absolute atomic E-state index is 0.185. The average molecular weight is 206 g/mol. The van der Waals surface area contributed by atoms with E-state index in [9.17, 15) is 4.79 Å². The van der Waals surface area contributed by atoms with Crippen LogP contribution < -0.4 is 0 Å². The van der Waals surface area contributed by atoms with Crippen LogP contribution in [0.2, 0.25) is 0 Å². The van der Waals surface area contributed by atoms with Crippen LogP contribution in [0.3, 0.4) is 0 Å². The van der Waals surface area contributed by atoms with E-state index in [1.165, 1.54) is 5.57 Å². The van der Waals surface area contributed by atoms with Crippen LogP contribution in [0.1, 0.15) is 41.0 Å². The summed E-state index contributed by atoms with van der Waals surface area (Å²) in [7, 11) is 0. The number of carbonyl (C=O) groups is 1. The first-order chi connectivity index (χ1) is 6.79. The molecule has 0 spiro atoms. The van der Waals surface area contributed by atoms with Gasteiger partial charge in [0.05, 0.1) is 0 Å². The lowest BCUT2D eigenvalue weighted by molar-refractivity contribution is -0.116. The third-order valence-corrected chi connectivity index (χ3v) is 3.01. The van der Waals surface area contributed by atoms with Gasteiger partial charge in [0.15, 0.2) is 5.78 Å². The van der Waals surface area contributed by atoms with Crippen LogP contribution in [0.4, 0.5) is 0 Å². The second-order valence-corrected chi connectivity index (χ2v) is 5.78. The fourth-order valence-corrected chi connectivity index (χ4v) is 1.75. The van der Waals surface area contributed by atoms with E-state index >= 15 is 0 Å². The summed E-state index contributed by atoms with van der Waals surface area (Å²) in [6.07, 6.45) is 6.82. The number of ketones is 1.